The Balaban J connectivity index is 1.13. The lowest BCUT2D eigenvalue weighted by Crippen LogP contribution is -2.36. The van der Waals surface area contributed by atoms with E-state index < -0.39 is 5.97 Å². The minimum atomic E-state index is -0.959. The number of rotatable bonds is 9. The van der Waals surface area contributed by atoms with E-state index in [-0.39, 0.29) is 17.5 Å². The zero-order valence-electron chi connectivity index (χ0n) is 21.6. The molecule has 2 saturated heterocycles. The van der Waals surface area contributed by atoms with Crippen LogP contribution in [0.2, 0.25) is 0 Å². The molecule has 2 N–H and O–H groups in total. The molecule has 2 unspecified atom stereocenters. The van der Waals surface area contributed by atoms with Crippen LogP contribution >= 0.6 is 0 Å². The van der Waals surface area contributed by atoms with Gasteiger partial charge in [0.05, 0.1) is 24.1 Å². The summed E-state index contributed by atoms with van der Waals surface area (Å²) in [5.74, 6) is 0.711. The van der Waals surface area contributed by atoms with E-state index in [1.807, 2.05) is 37.4 Å². The average molecular weight is 515 g/mol. The van der Waals surface area contributed by atoms with Crippen molar-refractivity contribution in [3.05, 3.63) is 71.6 Å². The first kappa shape index (κ1) is 25.4. The molecular formula is C29H32N5O4+. The molecule has 1 amide bonds. The number of aliphatic imine (C=N–C) groups is 1. The number of nitrogens with zero attached hydrogens (tertiary/aromatic N) is 4. The van der Waals surface area contributed by atoms with Gasteiger partial charge in [-0.25, -0.2) is 14.4 Å². The molecular weight excluding hydrogens is 482 g/mol. The van der Waals surface area contributed by atoms with Crippen LogP contribution in [0.4, 0.5) is 11.5 Å². The number of carboxylic acid groups (broad SMARTS) is 1. The zero-order valence-corrected chi connectivity index (χ0v) is 21.6. The number of aromatic carboxylic acids is 1. The van der Waals surface area contributed by atoms with Crippen LogP contribution in [0.25, 0.3) is 0 Å². The van der Waals surface area contributed by atoms with Crippen LogP contribution in [0, 0.1) is 5.92 Å². The van der Waals surface area contributed by atoms with Crippen molar-refractivity contribution in [2.75, 3.05) is 29.9 Å². The molecule has 0 radical (unpaired) electrons. The number of aromatic nitrogens is 1. The van der Waals surface area contributed by atoms with Crippen LogP contribution in [0.1, 0.15) is 37.0 Å². The first-order chi connectivity index (χ1) is 18.4. The van der Waals surface area contributed by atoms with Crippen LogP contribution in [-0.4, -0.2) is 70.8 Å². The van der Waals surface area contributed by atoms with Crippen molar-refractivity contribution < 1.29 is 24.0 Å². The molecule has 196 valence electrons. The number of carbonyl (C=O) groups is 2. The smallest absolute Gasteiger partial charge is 0.335 e. The van der Waals surface area contributed by atoms with Crippen molar-refractivity contribution in [2.45, 2.75) is 38.8 Å². The van der Waals surface area contributed by atoms with E-state index >= 15 is 0 Å². The van der Waals surface area contributed by atoms with Gasteiger partial charge in [-0.2, -0.15) is 0 Å². The number of hydrogen-bond acceptors (Lipinski definition) is 6. The molecule has 5 rings (SSSR count). The van der Waals surface area contributed by atoms with Crippen LogP contribution in [0.5, 0.6) is 5.75 Å². The molecule has 2 atom stereocenters. The number of fused-ring (bicyclic) bond motifs is 1. The Morgan fingerprint density at radius 1 is 1.26 bits per heavy atom. The molecule has 2 aromatic rings. The third kappa shape index (κ3) is 5.51. The molecule has 9 heteroatoms. The molecule has 38 heavy (non-hydrogen) atoms. The SMILES string of the molecule is CC=CC=NC1=C(C(=O)Nc2ccc(N3CCC(COc4cccc(C(=O)O)c4)CC3)nc2)C=[N+]2C(C)C12. The lowest BCUT2D eigenvalue weighted by Gasteiger charge is -2.32. The summed E-state index contributed by atoms with van der Waals surface area (Å²) in [7, 11) is 0. The van der Waals surface area contributed by atoms with Gasteiger partial charge >= 0.3 is 5.97 Å². The normalized spacial score (nSPS) is 21.1. The maximum absolute atomic E-state index is 13.0. The summed E-state index contributed by atoms with van der Waals surface area (Å²) >= 11 is 0. The van der Waals surface area contributed by atoms with Gasteiger partial charge in [-0.1, -0.05) is 12.1 Å². The minimum Gasteiger partial charge on any atom is -0.493 e. The Labute approximate surface area is 221 Å². The molecule has 4 heterocycles. The standard InChI is InChI=1S/C29H31N5O4/c1-3-4-12-30-26-24(17-34-19(2)27(26)34)28(35)32-22-8-9-25(31-16-22)33-13-10-20(11-14-33)18-38-23-7-5-6-21(15-23)29(36)37/h3-9,12,15-17,19-20,27H,10-11,13-14,18H2,1-2H3,(H-,32,35,36,37)/p+1. The van der Waals surface area contributed by atoms with Gasteiger partial charge in [0, 0.05) is 26.2 Å². The molecule has 3 aliphatic heterocycles. The first-order valence-electron chi connectivity index (χ1n) is 12.9. The van der Waals surface area contributed by atoms with E-state index in [4.69, 9.17) is 9.84 Å². The average Bonchev–Trinajstić information content (AvgIpc) is 3.39. The topological polar surface area (TPSA) is 107 Å². The molecule has 3 aliphatic rings. The molecule has 1 aromatic carbocycles. The van der Waals surface area contributed by atoms with Gasteiger partial charge in [0.1, 0.15) is 22.8 Å². The number of piperidine rings is 1. The number of allylic oxidation sites excluding steroid dienone is 2. The minimum absolute atomic E-state index is 0.179. The van der Waals surface area contributed by atoms with E-state index in [0.29, 0.717) is 35.6 Å². The van der Waals surface area contributed by atoms with E-state index in [9.17, 15) is 9.59 Å². The van der Waals surface area contributed by atoms with E-state index in [1.54, 1.807) is 36.7 Å². The van der Waals surface area contributed by atoms with Crippen molar-refractivity contribution in [2.24, 2.45) is 10.9 Å². The second kappa shape index (κ2) is 11.0. The number of carboxylic acids is 1. The highest BCUT2D eigenvalue weighted by atomic mass is 16.5. The van der Waals surface area contributed by atoms with Crippen LogP contribution < -0.4 is 15.0 Å². The molecule has 0 aliphatic carbocycles. The fraction of sp³-hybridized carbons (Fsp3) is 0.345. The van der Waals surface area contributed by atoms with Crippen molar-refractivity contribution in [3.63, 3.8) is 0 Å². The summed E-state index contributed by atoms with van der Waals surface area (Å²) in [4.78, 5) is 35.5. The Hall–Kier alpha value is -4.27. The van der Waals surface area contributed by atoms with E-state index in [1.165, 1.54) is 0 Å². The predicted molar refractivity (Wildman–Crippen MR) is 147 cm³/mol. The van der Waals surface area contributed by atoms with Gasteiger partial charge in [0.25, 0.3) is 11.9 Å². The summed E-state index contributed by atoms with van der Waals surface area (Å²) in [5.41, 5.74) is 2.27. The number of carbonyl (C=O) groups excluding carboxylic acids is 1. The number of anilines is 2. The number of ether oxygens (including phenoxy) is 1. The molecule has 2 fully saturated rings. The Kier molecular flexibility index (Phi) is 7.35. The third-order valence-electron chi connectivity index (χ3n) is 7.24. The van der Waals surface area contributed by atoms with Gasteiger partial charge in [0.2, 0.25) is 6.04 Å². The largest absolute Gasteiger partial charge is 0.493 e. The van der Waals surface area contributed by atoms with E-state index in [2.05, 4.69) is 31.7 Å². The summed E-state index contributed by atoms with van der Waals surface area (Å²) in [6.45, 7) is 6.32. The van der Waals surface area contributed by atoms with Crippen LogP contribution in [0.3, 0.4) is 0 Å². The highest BCUT2D eigenvalue weighted by Gasteiger charge is 2.59. The fourth-order valence-electron chi connectivity index (χ4n) is 4.95. The lowest BCUT2D eigenvalue weighted by atomic mass is 9.98. The van der Waals surface area contributed by atoms with Crippen molar-refractivity contribution in [1.82, 2.24) is 4.98 Å². The number of hydrogen-bond donors (Lipinski definition) is 2. The van der Waals surface area contributed by atoms with Crippen LogP contribution in [0.15, 0.2) is 71.0 Å². The summed E-state index contributed by atoms with van der Waals surface area (Å²) in [6, 6.07) is 11.0. The van der Waals surface area contributed by atoms with Crippen molar-refractivity contribution in [1.29, 1.82) is 0 Å². The zero-order chi connectivity index (χ0) is 26.6. The summed E-state index contributed by atoms with van der Waals surface area (Å²) < 4.78 is 8.00. The maximum Gasteiger partial charge on any atom is 0.335 e. The van der Waals surface area contributed by atoms with Crippen molar-refractivity contribution >= 4 is 35.8 Å². The number of benzene rings is 1. The summed E-state index contributed by atoms with van der Waals surface area (Å²) in [5, 5.41) is 12.1. The fourth-order valence-corrected chi connectivity index (χ4v) is 4.95. The Morgan fingerprint density at radius 3 is 2.79 bits per heavy atom. The van der Waals surface area contributed by atoms with Gasteiger partial charge in [-0.05, 0) is 62.1 Å². The molecule has 0 spiro atoms. The second-order valence-electron chi connectivity index (χ2n) is 9.80. The quantitative estimate of drug-likeness (QED) is 0.300. The third-order valence-corrected chi connectivity index (χ3v) is 7.24. The molecule has 1 aromatic heterocycles. The number of nitrogens with one attached hydrogen (secondary N) is 1. The van der Waals surface area contributed by atoms with Gasteiger partial charge < -0.3 is 20.1 Å². The van der Waals surface area contributed by atoms with Gasteiger partial charge in [-0.3, -0.25) is 9.79 Å². The molecule has 9 nitrogen and oxygen atoms in total. The lowest BCUT2D eigenvalue weighted by molar-refractivity contribution is -0.364. The van der Waals surface area contributed by atoms with Crippen LogP contribution in [-0.2, 0) is 4.79 Å². The number of pyridine rings is 1. The van der Waals surface area contributed by atoms with E-state index in [0.717, 1.165) is 37.4 Å². The Morgan fingerprint density at radius 2 is 2.08 bits per heavy atom. The van der Waals surface area contributed by atoms with Gasteiger partial charge in [0.15, 0.2) is 6.21 Å². The second-order valence-corrected chi connectivity index (χ2v) is 9.80. The summed E-state index contributed by atoms with van der Waals surface area (Å²) in [6.07, 6.45) is 11.0. The highest BCUT2D eigenvalue weighted by molar-refractivity contribution is 6.18. The maximum atomic E-state index is 13.0. The van der Waals surface area contributed by atoms with Gasteiger partial charge in [-0.15, -0.1) is 0 Å². The van der Waals surface area contributed by atoms with Crippen molar-refractivity contribution in [3.8, 4) is 5.75 Å². The highest BCUT2D eigenvalue weighted by Crippen LogP contribution is 2.36. The Bertz CT molecular complexity index is 1340. The monoisotopic (exact) mass is 514 g/mol. The number of amides is 1. The molecule has 0 bridgehead atoms. The predicted octanol–water partition coefficient (Wildman–Crippen LogP) is 3.78. The first-order valence-corrected chi connectivity index (χ1v) is 12.9. The molecule has 0 saturated carbocycles.